The van der Waals surface area contributed by atoms with Crippen molar-refractivity contribution < 1.29 is 4.39 Å². The van der Waals surface area contributed by atoms with Crippen molar-refractivity contribution in [2.75, 3.05) is 0 Å². The smallest absolute Gasteiger partial charge is 0.126 e. The number of aryl methyl sites for hydroxylation is 1. The number of rotatable bonds is 8. The second-order valence-electron chi connectivity index (χ2n) is 8.96. The van der Waals surface area contributed by atoms with Gasteiger partial charge in [-0.15, -0.1) is 0 Å². The zero-order valence-corrected chi connectivity index (χ0v) is 18.0. The van der Waals surface area contributed by atoms with Gasteiger partial charge >= 0.3 is 0 Å². The molecule has 3 rings (SSSR count). The second-order valence-corrected chi connectivity index (χ2v) is 8.96. The van der Waals surface area contributed by atoms with Gasteiger partial charge in [-0.2, -0.15) is 0 Å². The molecule has 1 atom stereocenters. The molecular weight excluding hydrogens is 343 g/mol. The van der Waals surface area contributed by atoms with Crippen LogP contribution in [-0.2, 0) is 12.8 Å². The Morgan fingerprint density at radius 3 is 2.18 bits per heavy atom. The Morgan fingerprint density at radius 2 is 1.57 bits per heavy atom. The van der Waals surface area contributed by atoms with Crippen LogP contribution in [-0.4, -0.2) is 0 Å². The molecule has 2 aromatic carbocycles. The minimum absolute atomic E-state index is 0.0427. The summed E-state index contributed by atoms with van der Waals surface area (Å²) in [5.74, 6) is 1.85. The van der Waals surface area contributed by atoms with Crippen molar-refractivity contribution in [1.82, 2.24) is 0 Å². The first-order chi connectivity index (χ1) is 13.6. The van der Waals surface area contributed by atoms with Gasteiger partial charge in [0.15, 0.2) is 0 Å². The predicted molar refractivity (Wildman–Crippen MR) is 119 cm³/mol. The summed E-state index contributed by atoms with van der Waals surface area (Å²) in [6, 6.07) is 15.0. The Morgan fingerprint density at radius 1 is 0.893 bits per heavy atom. The van der Waals surface area contributed by atoms with E-state index in [9.17, 15) is 4.39 Å². The van der Waals surface area contributed by atoms with Gasteiger partial charge in [-0.1, -0.05) is 76.4 Å². The van der Waals surface area contributed by atoms with E-state index in [0.29, 0.717) is 0 Å². The Bertz CT molecular complexity index is 722. The van der Waals surface area contributed by atoms with Crippen molar-refractivity contribution >= 4 is 0 Å². The summed E-state index contributed by atoms with van der Waals surface area (Å²) < 4.78 is 14.5. The molecule has 0 nitrogen and oxygen atoms in total. The molecule has 0 aromatic heterocycles. The lowest BCUT2D eigenvalue weighted by atomic mass is 9.77. The second kappa shape index (κ2) is 10.2. The van der Waals surface area contributed by atoms with E-state index in [4.69, 9.17) is 0 Å². The number of hydrogen-bond acceptors (Lipinski definition) is 0. The summed E-state index contributed by atoms with van der Waals surface area (Å²) >= 11 is 0. The van der Waals surface area contributed by atoms with Crippen molar-refractivity contribution in [3.63, 3.8) is 0 Å². The summed E-state index contributed by atoms with van der Waals surface area (Å²) in [6.07, 6.45) is 11.1. The first kappa shape index (κ1) is 21.1. The molecule has 0 aliphatic heterocycles. The summed E-state index contributed by atoms with van der Waals surface area (Å²) in [6.45, 7) is 6.58. The highest BCUT2D eigenvalue weighted by Gasteiger charge is 2.21. The van der Waals surface area contributed by atoms with Gasteiger partial charge in [0.1, 0.15) is 5.82 Å². The third kappa shape index (κ3) is 5.46. The standard InChI is InChI=1S/C27H37F/c1-4-6-21-8-13-24(14-9-21)25-15-10-23(11-16-25)18-20(3)26-17-12-22(7-5-2)19-27(26)28/h10-12,15-17,19-21,24H,4-9,13-14,18H2,1-3H3/t20-,21?,24?/m1/s1. The van der Waals surface area contributed by atoms with Crippen LogP contribution in [0.5, 0.6) is 0 Å². The lowest BCUT2D eigenvalue weighted by Crippen LogP contribution is -2.13. The molecule has 1 fully saturated rings. The van der Waals surface area contributed by atoms with E-state index in [1.165, 1.54) is 49.7 Å². The van der Waals surface area contributed by atoms with E-state index in [1.807, 2.05) is 6.07 Å². The fourth-order valence-corrected chi connectivity index (χ4v) is 5.00. The monoisotopic (exact) mass is 380 g/mol. The van der Waals surface area contributed by atoms with Gasteiger partial charge in [0, 0.05) is 0 Å². The molecule has 0 saturated heterocycles. The van der Waals surface area contributed by atoms with E-state index in [0.717, 1.165) is 42.2 Å². The fourth-order valence-electron chi connectivity index (χ4n) is 5.00. The van der Waals surface area contributed by atoms with Crippen LogP contribution in [0.3, 0.4) is 0 Å². The largest absolute Gasteiger partial charge is 0.207 e. The van der Waals surface area contributed by atoms with Gasteiger partial charge in [0.05, 0.1) is 0 Å². The molecule has 0 amide bonds. The first-order valence-corrected chi connectivity index (χ1v) is 11.5. The Kier molecular flexibility index (Phi) is 7.71. The molecule has 0 N–H and O–H groups in total. The summed E-state index contributed by atoms with van der Waals surface area (Å²) in [4.78, 5) is 0. The molecular formula is C27H37F. The van der Waals surface area contributed by atoms with Crippen molar-refractivity contribution in [3.05, 3.63) is 70.5 Å². The molecule has 0 bridgehead atoms. The van der Waals surface area contributed by atoms with Gasteiger partial charge in [0.25, 0.3) is 0 Å². The van der Waals surface area contributed by atoms with Crippen LogP contribution in [0.2, 0.25) is 0 Å². The van der Waals surface area contributed by atoms with E-state index in [-0.39, 0.29) is 11.7 Å². The first-order valence-electron chi connectivity index (χ1n) is 11.5. The predicted octanol–water partition coefficient (Wildman–Crippen LogP) is 8.20. The Labute approximate surface area is 171 Å². The molecule has 1 heteroatoms. The average Bonchev–Trinajstić information content (AvgIpc) is 2.70. The Balaban J connectivity index is 1.58. The van der Waals surface area contributed by atoms with Gasteiger partial charge in [-0.05, 0) is 84.6 Å². The van der Waals surface area contributed by atoms with Crippen molar-refractivity contribution in [2.45, 2.75) is 90.4 Å². The van der Waals surface area contributed by atoms with Crippen LogP contribution in [0.4, 0.5) is 4.39 Å². The quantitative estimate of drug-likeness (QED) is 0.433. The molecule has 1 aliphatic carbocycles. The van der Waals surface area contributed by atoms with E-state index in [1.54, 1.807) is 6.07 Å². The van der Waals surface area contributed by atoms with E-state index >= 15 is 0 Å². The molecule has 28 heavy (non-hydrogen) atoms. The third-order valence-electron chi connectivity index (χ3n) is 6.67. The Hall–Kier alpha value is -1.63. The lowest BCUT2D eigenvalue weighted by molar-refractivity contribution is 0.308. The van der Waals surface area contributed by atoms with Gasteiger partial charge in [0.2, 0.25) is 0 Å². The topological polar surface area (TPSA) is 0 Å². The van der Waals surface area contributed by atoms with Crippen LogP contribution in [0.15, 0.2) is 42.5 Å². The maximum Gasteiger partial charge on any atom is 0.126 e. The maximum absolute atomic E-state index is 14.5. The van der Waals surface area contributed by atoms with Crippen molar-refractivity contribution in [2.24, 2.45) is 5.92 Å². The normalized spacial score (nSPS) is 20.9. The minimum Gasteiger partial charge on any atom is -0.207 e. The number of benzene rings is 2. The highest BCUT2D eigenvalue weighted by atomic mass is 19.1. The average molecular weight is 381 g/mol. The molecule has 0 heterocycles. The fraction of sp³-hybridized carbons (Fsp3) is 0.556. The third-order valence-corrected chi connectivity index (χ3v) is 6.67. The summed E-state index contributed by atoms with van der Waals surface area (Å²) in [5.41, 5.74) is 4.77. The maximum atomic E-state index is 14.5. The van der Waals surface area contributed by atoms with Crippen LogP contribution in [0.1, 0.15) is 99.8 Å². The molecule has 0 spiro atoms. The van der Waals surface area contributed by atoms with Gasteiger partial charge in [-0.25, -0.2) is 4.39 Å². The molecule has 0 unspecified atom stereocenters. The molecule has 0 radical (unpaired) electrons. The van der Waals surface area contributed by atoms with E-state index in [2.05, 4.69) is 51.1 Å². The van der Waals surface area contributed by atoms with Gasteiger partial charge < -0.3 is 0 Å². The summed E-state index contributed by atoms with van der Waals surface area (Å²) in [7, 11) is 0. The van der Waals surface area contributed by atoms with Crippen LogP contribution < -0.4 is 0 Å². The van der Waals surface area contributed by atoms with E-state index < -0.39 is 0 Å². The molecule has 2 aromatic rings. The number of halogens is 1. The van der Waals surface area contributed by atoms with Crippen LogP contribution in [0, 0.1) is 11.7 Å². The van der Waals surface area contributed by atoms with Gasteiger partial charge in [-0.3, -0.25) is 0 Å². The minimum atomic E-state index is -0.0427. The van der Waals surface area contributed by atoms with Crippen LogP contribution >= 0.6 is 0 Å². The highest BCUT2D eigenvalue weighted by Crippen LogP contribution is 2.37. The number of hydrogen-bond donors (Lipinski definition) is 0. The van der Waals surface area contributed by atoms with Crippen molar-refractivity contribution in [1.29, 1.82) is 0 Å². The molecule has 1 saturated carbocycles. The molecule has 152 valence electrons. The molecule has 1 aliphatic rings. The highest BCUT2D eigenvalue weighted by molar-refractivity contribution is 5.31. The zero-order valence-electron chi connectivity index (χ0n) is 18.0. The van der Waals surface area contributed by atoms with Crippen LogP contribution in [0.25, 0.3) is 0 Å². The van der Waals surface area contributed by atoms with Crippen molar-refractivity contribution in [3.8, 4) is 0 Å². The summed E-state index contributed by atoms with van der Waals surface area (Å²) in [5, 5.41) is 0. The SMILES string of the molecule is CCCc1ccc([C@H](C)Cc2ccc(C3CCC(CCC)CC3)cc2)c(F)c1. The lowest BCUT2D eigenvalue weighted by Gasteiger charge is -2.28. The zero-order chi connectivity index (χ0) is 19.9.